The van der Waals surface area contributed by atoms with E-state index in [0.29, 0.717) is 0 Å². The second-order valence-electron chi connectivity index (χ2n) is 5.15. The minimum atomic E-state index is 0. The Bertz CT molecular complexity index is 787. The molecule has 0 spiro atoms. The molecule has 2 aromatic carbocycles. The Kier molecular flexibility index (Phi) is 5.04. The molecule has 0 aliphatic rings. The number of hydrogen-bond donors (Lipinski definition) is 0. The molecule has 3 rings (SSSR count). The van der Waals surface area contributed by atoms with Crippen LogP contribution in [0.25, 0.3) is 28.0 Å². The van der Waals surface area contributed by atoms with E-state index in [4.69, 9.17) is 0 Å². The summed E-state index contributed by atoms with van der Waals surface area (Å²) in [6.45, 7) is 9.43. The van der Waals surface area contributed by atoms with E-state index in [2.05, 4.69) is 66.0 Å². The molecular formula is C18H21IN2. The molecular weight excluding hydrogens is 371 g/mol. The van der Waals surface area contributed by atoms with Gasteiger partial charge in [0.2, 0.25) is 0 Å². The molecule has 0 aliphatic carbocycles. The standard InChI is InChI=1S/C18H21N2.HI/c1-4-9-18-19(5-2)16-12-14-10-7-8-11-15(14)13-17(16)20(18)6-3;/h5,7-8,10-13H,2,4,6,9H2,1,3H3;1H/q+1;/p-1. The average Bonchev–Trinajstić information content (AvgIpc) is 2.77. The Morgan fingerprint density at radius 2 is 1.81 bits per heavy atom. The molecule has 0 unspecified atom stereocenters. The van der Waals surface area contributed by atoms with Crippen molar-refractivity contribution in [2.24, 2.45) is 0 Å². The molecule has 1 aromatic heterocycles. The van der Waals surface area contributed by atoms with E-state index in [9.17, 15) is 0 Å². The topological polar surface area (TPSA) is 8.81 Å². The maximum absolute atomic E-state index is 4.00. The molecule has 0 N–H and O–H groups in total. The van der Waals surface area contributed by atoms with Crippen molar-refractivity contribution in [3.8, 4) is 0 Å². The predicted octanol–water partition coefficient (Wildman–Crippen LogP) is 1.16. The summed E-state index contributed by atoms with van der Waals surface area (Å²) >= 11 is 0. The largest absolute Gasteiger partial charge is 1.00 e. The molecule has 0 amide bonds. The van der Waals surface area contributed by atoms with E-state index >= 15 is 0 Å². The van der Waals surface area contributed by atoms with Crippen LogP contribution in [0.15, 0.2) is 43.0 Å². The van der Waals surface area contributed by atoms with E-state index in [0.717, 1.165) is 19.4 Å². The fourth-order valence-corrected chi connectivity index (χ4v) is 3.07. The fourth-order valence-electron chi connectivity index (χ4n) is 3.07. The van der Waals surface area contributed by atoms with Gasteiger partial charge in [0.1, 0.15) is 0 Å². The Morgan fingerprint density at radius 3 is 2.38 bits per heavy atom. The molecule has 0 radical (unpaired) electrons. The summed E-state index contributed by atoms with van der Waals surface area (Å²) in [6.07, 6.45) is 4.16. The highest BCUT2D eigenvalue weighted by atomic mass is 127. The Balaban J connectivity index is 0.00000161. The van der Waals surface area contributed by atoms with Gasteiger partial charge in [-0.05, 0) is 36.2 Å². The Hall–Kier alpha value is -1.36. The molecule has 0 saturated heterocycles. The van der Waals surface area contributed by atoms with Crippen LogP contribution in [0, 0.1) is 0 Å². The molecule has 0 saturated carbocycles. The molecule has 110 valence electrons. The SMILES string of the molecule is C=Cn1c(CCC)[n+](CC)c2cc3ccccc3cc21.[I-]. The van der Waals surface area contributed by atoms with Crippen molar-refractivity contribution >= 4 is 28.0 Å². The lowest BCUT2D eigenvalue weighted by Gasteiger charge is -1.98. The number of benzene rings is 2. The van der Waals surface area contributed by atoms with Gasteiger partial charge in [-0.1, -0.05) is 37.8 Å². The predicted molar refractivity (Wildman–Crippen MR) is 85.7 cm³/mol. The summed E-state index contributed by atoms with van der Waals surface area (Å²) in [5.41, 5.74) is 2.55. The van der Waals surface area contributed by atoms with E-state index in [-0.39, 0.29) is 24.0 Å². The number of fused-ring (bicyclic) bond motifs is 2. The minimum Gasteiger partial charge on any atom is -1.00 e. The summed E-state index contributed by atoms with van der Waals surface area (Å²) in [5.74, 6) is 1.34. The first-order valence-corrected chi connectivity index (χ1v) is 7.38. The van der Waals surface area contributed by atoms with E-state index < -0.39 is 0 Å². The van der Waals surface area contributed by atoms with E-state index in [1.165, 1.54) is 27.6 Å². The molecule has 2 nitrogen and oxygen atoms in total. The maximum Gasteiger partial charge on any atom is 0.262 e. The number of halogens is 1. The lowest BCUT2D eigenvalue weighted by Crippen LogP contribution is -3.00. The number of hydrogen-bond acceptors (Lipinski definition) is 0. The summed E-state index contributed by atoms with van der Waals surface area (Å²) in [4.78, 5) is 0. The minimum absolute atomic E-state index is 0. The fraction of sp³-hybridized carbons (Fsp3) is 0.278. The molecule has 0 bridgehead atoms. The van der Waals surface area contributed by atoms with Crippen LogP contribution in [0.2, 0.25) is 0 Å². The van der Waals surface area contributed by atoms with Gasteiger partial charge in [0.05, 0.1) is 12.7 Å². The second-order valence-corrected chi connectivity index (χ2v) is 5.15. The number of aryl methyl sites for hydroxylation is 1. The summed E-state index contributed by atoms with van der Waals surface area (Å²) in [7, 11) is 0. The Morgan fingerprint density at radius 1 is 1.14 bits per heavy atom. The van der Waals surface area contributed by atoms with Crippen molar-refractivity contribution in [1.82, 2.24) is 4.57 Å². The quantitative estimate of drug-likeness (QED) is 0.466. The van der Waals surface area contributed by atoms with Crippen LogP contribution >= 0.6 is 0 Å². The van der Waals surface area contributed by atoms with Crippen LogP contribution < -0.4 is 28.5 Å². The van der Waals surface area contributed by atoms with Crippen molar-refractivity contribution in [3.05, 3.63) is 48.8 Å². The van der Waals surface area contributed by atoms with Gasteiger partial charge >= 0.3 is 0 Å². The summed E-state index contributed by atoms with van der Waals surface area (Å²) in [6, 6.07) is 13.1. The smallest absolute Gasteiger partial charge is 0.262 e. The number of imidazole rings is 1. The van der Waals surface area contributed by atoms with Crippen LogP contribution in [0.4, 0.5) is 0 Å². The molecule has 0 fully saturated rings. The van der Waals surface area contributed by atoms with Gasteiger partial charge in [0.25, 0.3) is 5.82 Å². The van der Waals surface area contributed by atoms with E-state index in [1.54, 1.807) is 0 Å². The number of aromatic nitrogens is 2. The normalized spacial score (nSPS) is 10.8. The van der Waals surface area contributed by atoms with Gasteiger partial charge < -0.3 is 24.0 Å². The van der Waals surface area contributed by atoms with Crippen LogP contribution in [0.1, 0.15) is 26.1 Å². The highest BCUT2D eigenvalue weighted by Crippen LogP contribution is 2.23. The monoisotopic (exact) mass is 392 g/mol. The first-order valence-electron chi connectivity index (χ1n) is 7.38. The maximum atomic E-state index is 4.00. The molecule has 0 atom stereocenters. The summed E-state index contributed by atoms with van der Waals surface area (Å²) < 4.78 is 4.65. The zero-order chi connectivity index (χ0) is 14.1. The lowest BCUT2D eigenvalue weighted by molar-refractivity contribution is -0.675. The highest BCUT2D eigenvalue weighted by molar-refractivity contribution is 5.94. The molecule has 21 heavy (non-hydrogen) atoms. The zero-order valence-corrected chi connectivity index (χ0v) is 14.8. The third-order valence-corrected chi connectivity index (χ3v) is 3.96. The van der Waals surface area contributed by atoms with Crippen molar-refractivity contribution in [3.63, 3.8) is 0 Å². The summed E-state index contributed by atoms with van der Waals surface area (Å²) in [5, 5.41) is 2.58. The van der Waals surface area contributed by atoms with Crippen LogP contribution in [-0.4, -0.2) is 4.57 Å². The third-order valence-electron chi connectivity index (χ3n) is 3.96. The van der Waals surface area contributed by atoms with Gasteiger partial charge in [0, 0.05) is 6.42 Å². The highest BCUT2D eigenvalue weighted by Gasteiger charge is 2.22. The van der Waals surface area contributed by atoms with Crippen LogP contribution in [0.3, 0.4) is 0 Å². The van der Waals surface area contributed by atoms with Gasteiger partial charge in [0.15, 0.2) is 11.0 Å². The molecule has 3 aromatic rings. The van der Waals surface area contributed by atoms with Crippen molar-refractivity contribution in [2.75, 3.05) is 0 Å². The van der Waals surface area contributed by atoms with E-state index in [1.807, 2.05) is 6.20 Å². The van der Waals surface area contributed by atoms with Gasteiger partial charge in [-0.2, -0.15) is 4.57 Å². The molecule has 3 heteroatoms. The van der Waals surface area contributed by atoms with Crippen LogP contribution in [0.5, 0.6) is 0 Å². The number of rotatable bonds is 4. The Labute approximate surface area is 143 Å². The van der Waals surface area contributed by atoms with Crippen molar-refractivity contribution in [1.29, 1.82) is 0 Å². The third kappa shape index (κ3) is 2.59. The van der Waals surface area contributed by atoms with Gasteiger partial charge in [-0.25, -0.2) is 4.57 Å². The first kappa shape index (κ1) is 16.0. The van der Waals surface area contributed by atoms with Crippen LogP contribution in [-0.2, 0) is 13.0 Å². The zero-order valence-electron chi connectivity index (χ0n) is 12.6. The average molecular weight is 392 g/mol. The van der Waals surface area contributed by atoms with Crippen molar-refractivity contribution in [2.45, 2.75) is 33.2 Å². The van der Waals surface area contributed by atoms with Gasteiger partial charge in [-0.3, -0.25) is 0 Å². The second kappa shape index (κ2) is 6.60. The van der Waals surface area contributed by atoms with Gasteiger partial charge in [-0.15, -0.1) is 0 Å². The lowest BCUT2D eigenvalue weighted by atomic mass is 10.1. The number of nitrogens with zero attached hydrogens (tertiary/aromatic N) is 2. The first-order chi connectivity index (χ1) is 9.80. The van der Waals surface area contributed by atoms with Crippen molar-refractivity contribution < 1.29 is 28.5 Å². The molecule has 0 aliphatic heterocycles. The molecule has 1 heterocycles.